The lowest BCUT2D eigenvalue weighted by Crippen LogP contribution is -2.30. The van der Waals surface area contributed by atoms with Gasteiger partial charge in [0.25, 0.3) is 0 Å². The van der Waals surface area contributed by atoms with Crippen molar-refractivity contribution in [1.29, 1.82) is 0 Å². The molecule has 0 aliphatic heterocycles. The zero-order chi connectivity index (χ0) is 65.6. The lowest BCUT2D eigenvalue weighted by Gasteiger charge is -2.21. The Labute approximate surface area is 543 Å². The molecule has 3 N–H and O–H groups in total. The Morgan fingerprint density at radius 2 is 0.517 bits per heavy atom. The Bertz CT molecular complexity index is 1720. The average Bonchev–Trinajstić information content (AvgIpc) is 3.67. The first-order valence-electron chi connectivity index (χ1n) is 36.6. The van der Waals surface area contributed by atoms with E-state index in [1.165, 1.54) is 173 Å². The van der Waals surface area contributed by atoms with Crippen molar-refractivity contribution >= 4 is 39.5 Å². The van der Waals surface area contributed by atoms with Crippen molar-refractivity contribution in [2.45, 2.75) is 380 Å². The Hall–Kier alpha value is -1.94. The van der Waals surface area contributed by atoms with Crippen LogP contribution in [0.3, 0.4) is 0 Å². The number of unbranched alkanes of at least 4 members (excludes halogenated alkanes) is 42. The van der Waals surface area contributed by atoms with Crippen molar-refractivity contribution in [2.24, 2.45) is 5.92 Å². The second kappa shape index (κ2) is 63.5. The number of phosphoric acid groups is 2. The van der Waals surface area contributed by atoms with Gasteiger partial charge in [-0.3, -0.25) is 37.3 Å². The molecule has 0 aliphatic rings. The smallest absolute Gasteiger partial charge is 0.462 e. The van der Waals surface area contributed by atoms with Gasteiger partial charge in [-0.2, -0.15) is 0 Å². The van der Waals surface area contributed by atoms with Crippen LogP contribution in [-0.2, 0) is 65.4 Å². The van der Waals surface area contributed by atoms with Gasteiger partial charge in [-0.1, -0.05) is 311 Å². The maximum absolute atomic E-state index is 13.0. The first kappa shape index (κ1) is 87.1. The van der Waals surface area contributed by atoms with Crippen molar-refractivity contribution in [3.05, 3.63) is 0 Å². The van der Waals surface area contributed by atoms with E-state index in [0.29, 0.717) is 25.7 Å². The van der Waals surface area contributed by atoms with Gasteiger partial charge in [0.2, 0.25) is 0 Å². The van der Waals surface area contributed by atoms with Gasteiger partial charge in [0.15, 0.2) is 12.2 Å². The summed E-state index contributed by atoms with van der Waals surface area (Å²) in [6.45, 7) is 7.19. The van der Waals surface area contributed by atoms with E-state index in [9.17, 15) is 43.2 Å². The third-order valence-corrected chi connectivity index (χ3v) is 18.2. The van der Waals surface area contributed by atoms with E-state index in [2.05, 4.69) is 34.6 Å². The summed E-state index contributed by atoms with van der Waals surface area (Å²) in [4.78, 5) is 72.4. The van der Waals surface area contributed by atoms with Gasteiger partial charge < -0.3 is 33.8 Å². The molecule has 0 saturated heterocycles. The zero-order valence-electron chi connectivity index (χ0n) is 57.6. The van der Waals surface area contributed by atoms with Crippen LogP contribution in [0.4, 0.5) is 0 Å². The average molecular weight is 1310 g/mol. The monoisotopic (exact) mass is 1310 g/mol. The molecule has 89 heavy (non-hydrogen) atoms. The Kier molecular flexibility index (Phi) is 62.1. The van der Waals surface area contributed by atoms with Crippen LogP contribution in [0, 0.1) is 5.92 Å². The summed E-state index contributed by atoms with van der Waals surface area (Å²) >= 11 is 0. The van der Waals surface area contributed by atoms with Gasteiger partial charge in [0.1, 0.15) is 19.3 Å². The molecule has 0 aromatic rings. The van der Waals surface area contributed by atoms with E-state index in [0.717, 1.165) is 109 Å². The summed E-state index contributed by atoms with van der Waals surface area (Å²) in [5.41, 5.74) is 0. The van der Waals surface area contributed by atoms with Crippen molar-refractivity contribution in [3.8, 4) is 0 Å². The van der Waals surface area contributed by atoms with E-state index in [-0.39, 0.29) is 25.7 Å². The van der Waals surface area contributed by atoms with Gasteiger partial charge in [0.05, 0.1) is 26.4 Å². The molecule has 17 nitrogen and oxygen atoms in total. The van der Waals surface area contributed by atoms with Crippen LogP contribution in [0.5, 0.6) is 0 Å². The van der Waals surface area contributed by atoms with Crippen LogP contribution < -0.4 is 0 Å². The number of esters is 4. The molecule has 0 amide bonds. The molecule has 0 bridgehead atoms. The SMILES string of the molecule is CCCCCCCCCCCCCCCCCC(=O)OC[C@H](COP(=O)(O)OC[C@@H](O)COP(=O)(O)OC[C@@H](COC(=O)CCCCCCCCC)OC(=O)CCCCCCCCCCCC(C)C)OC(=O)CCCCCCCCCCCCCCCCC. The van der Waals surface area contributed by atoms with E-state index in [4.69, 9.17) is 37.0 Å². The van der Waals surface area contributed by atoms with Gasteiger partial charge in [-0.15, -0.1) is 0 Å². The van der Waals surface area contributed by atoms with Crippen LogP contribution in [-0.4, -0.2) is 96.7 Å². The number of carbonyl (C=O) groups excluding carboxylic acids is 4. The summed E-state index contributed by atoms with van der Waals surface area (Å²) in [5, 5.41) is 10.6. The third kappa shape index (κ3) is 64.6. The number of phosphoric ester groups is 2. The molecule has 0 fully saturated rings. The molecule has 0 spiro atoms. The van der Waals surface area contributed by atoms with Gasteiger partial charge >= 0.3 is 39.5 Å². The minimum atomic E-state index is -4.95. The topological polar surface area (TPSA) is 237 Å². The second-order valence-electron chi connectivity index (χ2n) is 25.7. The molecule has 5 atom stereocenters. The molecule has 0 rings (SSSR count). The lowest BCUT2D eigenvalue weighted by atomic mass is 10.0. The highest BCUT2D eigenvalue weighted by molar-refractivity contribution is 7.47. The molecule has 2 unspecified atom stereocenters. The molecular formula is C70H136O17P2. The molecule has 19 heteroatoms. The largest absolute Gasteiger partial charge is 0.472 e. The Morgan fingerprint density at radius 1 is 0.303 bits per heavy atom. The van der Waals surface area contributed by atoms with E-state index >= 15 is 0 Å². The number of ether oxygens (including phenoxy) is 4. The number of rotatable bonds is 70. The van der Waals surface area contributed by atoms with Crippen LogP contribution in [0.15, 0.2) is 0 Å². The predicted molar refractivity (Wildman–Crippen MR) is 358 cm³/mol. The fraction of sp³-hybridized carbons (Fsp3) is 0.943. The maximum atomic E-state index is 13.0. The highest BCUT2D eigenvalue weighted by Crippen LogP contribution is 2.45. The van der Waals surface area contributed by atoms with Crippen molar-refractivity contribution in [1.82, 2.24) is 0 Å². The summed E-state index contributed by atoms with van der Waals surface area (Å²) < 4.78 is 68.2. The zero-order valence-corrected chi connectivity index (χ0v) is 59.4. The van der Waals surface area contributed by atoms with Crippen molar-refractivity contribution in [3.63, 3.8) is 0 Å². The summed E-state index contributed by atoms with van der Waals surface area (Å²) in [7, 11) is -9.89. The minimum absolute atomic E-state index is 0.105. The van der Waals surface area contributed by atoms with Crippen molar-refractivity contribution < 1.29 is 80.2 Å². The molecule has 0 aromatic carbocycles. The van der Waals surface area contributed by atoms with Gasteiger partial charge in [0, 0.05) is 25.7 Å². The summed E-state index contributed by atoms with van der Waals surface area (Å²) in [6.07, 6.45) is 50.0. The van der Waals surface area contributed by atoms with Gasteiger partial charge in [-0.25, -0.2) is 9.13 Å². The molecular weight excluding hydrogens is 1170 g/mol. The van der Waals surface area contributed by atoms with Crippen molar-refractivity contribution in [2.75, 3.05) is 39.6 Å². The number of carbonyl (C=O) groups is 4. The molecule has 0 radical (unpaired) electrons. The predicted octanol–water partition coefficient (Wildman–Crippen LogP) is 20.1. The van der Waals surface area contributed by atoms with E-state index in [1.54, 1.807) is 0 Å². The fourth-order valence-electron chi connectivity index (χ4n) is 10.6. The summed E-state index contributed by atoms with van der Waals surface area (Å²) in [5.74, 6) is -1.39. The van der Waals surface area contributed by atoms with E-state index in [1.807, 2.05) is 0 Å². The first-order valence-corrected chi connectivity index (χ1v) is 39.6. The lowest BCUT2D eigenvalue weighted by molar-refractivity contribution is -0.161. The highest BCUT2D eigenvalue weighted by Gasteiger charge is 2.30. The molecule has 0 saturated carbocycles. The van der Waals surface area contributed by atoms with Crippen LogP contribution >= 0.6 is 15.6 Å². The van der Waals surface area contributed by atoms with Gasteiger partial charge in [-0.05, 0) is 31.6 Å². The molecule has 0 heterocycles. The number of hydrogen-bond donors (Lipinski definition) is 3. The molecule has 0 aliphatic carbocycles. The maximum Gasteiger partial charge on any atom is 0.472 e. The number of aliphatic hydroxyl groups excluding tert-OH is 1. The van der Waals surface area contributed by atoms with Crippen LogP contribution in [0.1, 0.15) is 362 Å². The first-order chi connectivity index (χ1) is 43.0. The highest BCUT2D eigenvalue weighted by atomic mass is 31.2. The standard InChI is InChI=1S/C70H136O17P2/c1-6-9-12-15-18-20-22-24-26-28-30-34-39-44-49-54-68(73)81-60-66(87-69(74)55-50-45-40-35-31-29-27-25-23-21-19-16-13-10-7-2)62-85-89(78,79)83-58-64(71)57-82-88(76,77)84-61-65(59-80-67(72)53-48-43-37-17-14-11-8-3)86-70(75)56-51-46-41-36-32-33-38-42-47-52-63(4)5/h63-66,71H,6-62H2,1-5H3,(H,76,77)(H,78,79)/t64-,65+,66+/m0/s1. The Morgan fingerprint density at radius 3 is 0.764 bits per heavy atom. The summed E-state index contributed by atoms with van der Waals surface area (Å²) in [6, 6.07) is 0. The quantitative estimate of drug-likeness (QED) is 0.0222. The minimum Gasteiger partial charge on any atom is -0.462 e. The normalized spacial score (nSPS) is 14.1. The number of hydrogen-bond acceptors (Lipinski definition) is 15. The van der Waals surface area contributed by atoms with Crippen LogP contribution in [0.25, 0.3) is 0 Å². The molecule has 0 aromatic heterocycles. The van der Waals surface area contributed by atoms with Crippen LogP contribution in [0.2, 0.25) is 0 Å². The fourth-order valence-corrected chi connectivity index (χ4v) is 12.2. The van der Waals surface area contributed by atoms with E-state index < -0.39 is 97.5 Å². The third-order valence-electron chi connectivity index (χ3n) is 16.3. The Balaban J connectivity index is 5.21. The number of aliphatic hydroxyl groups is 1. The second-order valence-corrected chi connectivity index (χ2v) is 28.7. The molecule has 528 valence electrons.